The Morgan fingerprint density at radius 1 is 0.850 bits per heavy atom. The van der Waals surface area contributed by atoms with Gasteiger partial charge in [-0.25, -0.2) is 0 Å². The largest absolute Gasteiger partial charge is 0.493 e. The lowest BCUT2D eigenvalue weighted by atomic mass is 10.2. The van der Waals surface area contributed by atoms with Crippen LogP contribution in [0, 0.1) is 0 Å². The first kappa shape index (κ1) is 16.2. The molecular weight excluding hydrogens is 280 g/mol. The van der Waals surface area contributed by atoms with E-state index in [9.17, 15) is 0 Å². The number of benzene rings is 2. The molecule has 0 bridgehead atoms. The lowest BCUT2D eigenvalue weighted by molar-refractivity contribution is 0.322. The van der Waals surface area contributed by atoms with Crippen LogP contribution in [0.25, 0.3) is 0 Å². The molecule has 5 nitrogen and oxygen atoms in total. The van der Waals surface area contributed by atoms with Gasteiger partial charge in [0.1, 0.15) is 5.75 Å². The van der Waals surface area contributed by atoms with Gasteiger partial charge in [-0.05, 0) is 17.7 Å². The molecule has 0 amide bonds. The van der Waals surface area contributed by atoms with Gasteiger partial charge in [0.25, 0.3) is 0 Å². The van der Waals surface area contributed by atoms with E-state index in [1.807, 2.05) is 36.4 Å². The van der Waals surface area contributed by atoms with Crippen molar-refractivity contribution < 1.29 is 22.3 Å². The average Bonchev–Trinajstić information content (AvgIpc) is 2.39. The smallest absolute Gasteiger partial charge is 0.394 e. The summed E-state index contributed by atoms with van der Waals surface area (Å²) in [6.07, 6.45) is 0.954. The molecule has 20 heavy (non-hydrogen) atoms. The molecule has 0 saturated heterocycles. The first-order chi connectivity index (χ1) is 9.45. The fourth-order valence-corrected chi connectivity index (χ4v) is 1.45. The van der Waals surface area contributed by atoms with Crippen molar-refractivity contribution in [2.75, 3.05) is 6.61 Å². The van der Waals surface area contributed by atoms with E-state index in [4.69, 9.17) is 22.3 Å². The molecule has 108 valence electrons. The molecule has 0 aliphatic heterocycles. The molecule has 2 aromatic rings. The van der Waals surface area contributed by atoms with Crippen LogP contribution in [-0.4, -0.2) is 24.1 Å². The molecular formula is C14H16O5S. The van der Waals surface area contributed by atoms with Gasteiger partial charge in [-0.3, -0.25) is 9.11 Å². The third-order valence-corrected chi connectivity index (χ3v) is 2.25. The van der Waals surface area contributed by atoms with E-state index in [0.29, 0.717) is 0 Å². The van der Waals surface area contributed by atoms with Gasteiger partial charge in [0, 0.05) is 6.42 Å². The van der Waals surface area contributed by atoms with E-state index in [2.05, 4.69) is 24.3 Å². The van der Waals surface area contributed by atoms with Gasteiger partial charge in [-0.15, -0.1) is 0 Å². The standard InChI is InChI=1S/C14H14O.H2O4S/c1-3-7-13(8-4-1)11-12-15-14-9-5-2-6-10-14;1-5(2,3)4/h1-10H,11-12H2;(H2,1,2,3,4). The van der Waals surface area contributed by atoms with Gasteiger partial charge >= 0.3 is 10.4 Å². The van der Waals surface area contributed by atoms with E-state index < -0.39 is 10.4 Å². The molecule has 2 rings (SSSR count). The Bertz CT molecular complexity index is 534. The van der Waals surface area contributed by atoms with Crippen LogP contribution < -0.4 is 4.74 Å². The highest BCUT2D eigenvalue weighted by atomic mass is 32.3. The van der Waals surface area contributed by atoms with Crippen molar-refractivity contribution >= 4 is 10.4 Å². The Morgan fingerprint density at radius 2 is 1.30 bits per heavy atom. The van der Waals surface area contributed by atoms with Gasteiger partial charge in [-0.2, -0.15) is 8.42 Å². The zero-order valence-corrected chi connectivity index (χ0v) is 11.5. The highest BCUT2D eigenvalue weighted by molar-refractivity contribution is 7.79. The molecule has 0 radical (unpaired) electrons. The monoisotopic (exact) mass is 296 g/mol. The van der Waals surface area contributed by atoms with E-state index in [1.165, 1.54) is 5.56 Å². The SMILES string of the molecule is O=S(=O)(O)O.c1ccc(CCOc2ccccc2)cc1. The minimum atomic E-state index is -4.67. The summed E-state index contributed by atoms with van der Waals surface area (Å²) in [7, 11) is -4.67. The third kappa shape index (κ3) is 9.09. The summed E-state index contributed by atoms with van der Waals surface area (Å²) in [6, 6.07) is 20.3. The van der Waals surface area contributed by atoms with Crippen LogP contribution in [0.2, 0.25) is 0 Å². The van der Waals surface area contributed by atoms with E-state index in [-0.39, 0.29) is 0 Å². The first-order valence-corrected chi connectivity index (χ1v) is 7.26. The maximum atomic E-state index is 8.74. The highest BCUT2D eigenvalue weighted by Gasteiger charge is 1.93. The average molecular weight is 296 g/mol. The molecule has 0 spiro atoms. The summed E-state index contributed by atoms with van der Waals surface area (Å²) in [5.74, 6) is 0.938. The Labute approximate surface area is 118 Å². The van der Waals surface area contributed by atoms with Crippen LogP contribution in [0.5, 0.6) is 5.75 Å². The molecule has 0 aromatic heterocycles. The number of hydrogen-bond donors (Lipinski definition) is 2. The lowest BCUT2D eigenvalue weighted by Crippen LogP contribution is -2.00. The summed E-state index contributed by atoms with van der Waals surface area (Å²) in [5, 5.41) is 0. The van der Waals surface area contributed by atoms with Crippen LogP contribution >= 0.6 is 0 Å². The van der Waals surface area contributed by atoms with Crippen molar-refractivity contribution in [2.45, 2.75) is 6.42 Å². The maximum absolute atomic E-state index is 8.74. The molecule has 0 atom stereocenters. The molecule has 2 aromatic carbocycles. The van der Waals surface area contributed by atoms with Gasteiger partial charge in [0.15, 0.2) is 0 Å². The van der Waals surface area contributed by atoms with Crippen LogP contribution in [0.15, 0.2) is 60.7 Å². The van der Waals surface area contributed by atoms with E-state index >= 15 is 0 Å². The second kappa shape index (κ2) is 8.31. The van der Waals surface area contributed by atoms with Crippen molar-refractivity contribution in [3.05, 3.63) is 66.2 Å². The molecule has 0 fully saturated rings. The van der Waals surface area contributed by atoms with Gasteiger partial charge in [0.05, 0.1) is 6.61 Å². The summed E-state index contributed by atoms with van der Waals surface area (Å²) in [6.45, 7) is 0.730. The van der Waals surface area contributed by atoms with Crippen molar-refractivity contribution in [1.29, 1.82) is 0 Å². The molecule has 0 heterocycles. The van der Waals surface area contributed by atoms with E-state index in [0.717, 1.165) is 18.8 Å². The second-order valence-electron chi connectivity index (χ2n) is 3.84. The topological polar surface area (TPSA) is 83.8 Å². The second-order valence-corrected chi connectivity index (χ2v) is 4.74. The molecule has 6 heteroatoms. The number of para-hydroxylation sites is 1. The van der Waals surface area contributed by atoms with Crippen molar-refractivity contribution in [3.8, 4) is 5.75 Å². The predicted octanol–water partition coefficient (Wildman–Crippen LogP) is 2.66. The quantitative estimate of drug-likeness (QED) is 0.847. The first-order valence-electron chi connectivity index (χ1n) is 5.87. The summed E-state index contributed by atoms with van der Waals surface area (Å²) < 4.78 is 37.2. The Kier molecular flexibility index (Phi) is 6.72. The Hall–Kier alpha value is -1.89. The molecule has 0 aliphatic carbocycles. The highest BCUT2D eigenvalue weighted by Crippen LogP contribution is 2.09. The number of hydrogen-bond acceptors (Lipinski definition) is 3. The molecule has 0 unspecified atom stereocenters. The third-order valence-electron chi connectivity index (χ3n) is 2.25. The Balaban J connectivity index is 0.000000347. The number of rotatable bonds is 4. The van der Waals surface area contributed by atoms with Crippen LogP contribution in [0.3, 0.4) is 0 Å². The van der Waals surface area contributed by atoms with Gasteiger partial charge < -0.3 is 4.74 Å². The lowest BCUT2D eigenvalue weighted by Gasteiger charge is -2.05. The van der Waals surface area contributed by atoms with Crippen molar-refractivity contribution in [1.82, 2.24) is 0 Å². The minimum Gasteiger partial charge on any atom is -0.493 e. The number of ether oxygens (including phenoxy) is 1. The van der Waals surface area contributed by atoms with Gasteiger partial charge in [-0.1, -0.05) is 48.5 Å². The zero-order valence-electron chi connectivity index (χ0n) is 10.7. The molecule has 0 saturated carbocycles. The van der Waals surface area contributed by atoms with Crippen molar-refractivity contribution in [3.63, 3.8) is 0 Å². The predicted molar refractivity (Wildman–Crippen MR) is 76.3 cm³/mol. The van der Waals surface area contributed by atoms with Crippen LogP contribution in [0.1, 0.15) is 5.56 Å². The maximum Gasteiger partial charge on any atom is 0.394 e. The summed E-state index contributed by atoms with van der Waals surface area (Å²) >= 11 is 0. The fraction of sp³-hybridized carbons (Fsp3) is 0.143. The van der Waals surface area contributed by atoms with Crippen LogP contribution in [0.4, 0.5) is 0 Å². The normalized spacial score (nSPS) is 10.3. The summed E-state index contributed by atoms with van der Waals surface area (Å²) in [4.78, 5) is 0. The molecule has 2 N–H and O–H groups in total. The van der Waals surface area contributed by atoms with Crippen molar-refractivity contribution in [2.24, 2.45) is 0 Å². The minimum absolute atomic E-state index is 0.730. The van der Waals surface area contributed by atoms with E-state index in [1.54, 1.807) is 0 Å². The van der Waals surface area contributed by atoms with Crippen LogP contribution in [-0.2, 0) is 16.8 Å². The molecule has 0 aliphatic rings. The fourth-order valence-electron chi connectivity index (χ4n) is 1.45. The van der Waals surface area contributed by atoms with Gasteiger partial charge in [0.2, 0.25) is 0 Å². The summed E-state index contributed by atoms with van der Waals surface area (Å²) in [5.41, 5.74) is 1.31. The zero-order chi connectivity index (χ0) is 14.8. The Morgan fingerprint density at radius 3 is 1.80 bits per heavy atom.